The Balaban J connectivity index is 1.84. The van der Waals surface area contributed by atoms with Gasteiger partial charge in [0.25, 0.3) is 5.91 Å². The first-order valence-electron chi connectivity index (χ1n) is 8.98. The number of methoxy groups -OCH3 is 1. The van der Waals surface area contributed by atoms with E-state index in [4.69, 9.17) is 33.3 Å². The van der Waals surface area contributed by atoms with E-state index in [1.165, 1.54) is 16.7 Å². The minimum Gasteiger partial charge on any atom is -0.493 e. The van der Waals surface area contributed by atoms with Gasteiger partial charge in [-0.15, -0.1) is 0 Å². The molecule has 0 bridgehead atoms. The Morgan fingerprint density at radius 3 is 2.72 bits per heavy atom. The predicted octanol–water partition coefficient (Wildman–Crippen LogP) is 6.70. The fourth-order valence-electron chi connectivity index (χ4n) is 2.69. The van der Waals surface area contributed by atoms with E-state index in [1.807, 2.05) is 18.2 Å². The molecule has 1 aliphatic rings. The van der Waals surface area contributed by atoms with E-state index in [0.717, 1.165) is 22.9 Å². The van der Waals surface area contributed by atoms with E-state index in [9.17, 15) is 4.79 Å². The molecule has 0 radical (unpaired) electrons. The summed E-state index contributed by atoms with van der Waals surface area (Å²) >= 11 is 16.2. The highest BCUT2D eigenvalue weighted by Gasteiger charge is 2.33. The number of benzene rings is 2. The van der Waals surface area contributed by atoms with E-state index in [1.54, 1.807) is 31.4 Å². The van der Waals surface area contributed by atoms with E-state index < -0.39 is 0 Å². The average molecular weight is 513 g/mol. The van der Waals surface area contributed by atoms with Crippen molar-refractivity contribution in [1.82, 2.24) is 0 Å². The molecule has 1 aliphatic heterocycles. The summed E-state index contributed by atoms with van der Waals surface area (Å²) in [6, 6.07) is 10.9. The first-order valence-corrected chi connectivity index (χ1v) is 11.4. The third-order valence-electron chi connectivity index (χ3n) is 4.20. The lowest BCUT2D eigenvalue weighted by atomic mass is 10.1. The highest BCUT2D eigenvalue weighted by molar-refractivity contribution is 9.10. The van der Waals surface area contributed by atoms with Gasteiger partial charge in [0.2, 0.25) is 0 Å². The van der Waals surface area contributed by atoms with Gasteiger partial charge in [-0.25, -0.2) is 0 Å². The SMILES string of the molecule is CCCCOc1ccc(/C=C2\SC(=S)N(c3ccc(Br)c(Cl)c3)C2=O)cc1OC. The lowest BCUT2D eigenvalue weighted by Crippen LogP contribution is -2.27. The molecule has 0 unspecified atom stereocenters. The second-order valence-corrected chi connectivity index (χ2v) is 9.17. The summed E-state index contributed by atoms with van der Waals surface area (Å²) in [6.45, 7) is 2.75. The third-order valence-corrected chi connectivity index (χ3v) is 6.73. The van der Waals surface area contributed by atoms with Crippen LogP contribution in [0.5, 0.6) is 11.5 Å². The maximum Gasteiger partial charge on any atom is 0.270 e. The van der Waals surface area contributed by atoms with Crippen LogP contribution in [0.15, 0.2) is 45.8 Å². The lowest BCUT2D eigenvalue weighted by Gasteiger charge is -2.15. The van der Waals surface area contributed by atoms with Crippen molar-refractivity contribution >= 4 is 73.5 Å². The Labute approximate surface area is 193 Å². The summed E-state index contributed by atoms with van der Waals surface area (Å²) < 4.78 is 12.4. The van der Waals surface area contributed by atoms with Crippen LogP contribution in [0.2, 0.25) is 5.02 Å². The van der Waals surface area contributed by atoms with E-state index >= 15 is 0 Å². The van der Waals surface area contributed by atoms with Crippen LogP contribution in [0.4, 0.5) is 5.69 Å². The molecule has 0 aliphatic carbocycles. The number of ether oxygens (including phenoxy) is 2. The lowest BCUT2D eigenvalue weighted by molar-refractivity contribution is -0.113. The third kappa shape index (κ3) is 5.15. The maximum atomic E-state index is 13.0. The molecule has 8 heteroatoms. The van der Waals surface area contributed by atoms with Gasteiger partial charge in [-0.2, -0.15) is 0 Å². The number of unbranched alkanes of at least 4 members (excludes halogenated alkanes) is 1. The van der Waals surface area contributed by atoms with Crippen molar-refractivity contribution in [3.8, 4) is 11.5 Å². The first kappa shape index (κ1) is 22.2. The van der Waals surface area contributed by atoms with Crippen molar-refractivity contribution < 1.29 is 14.3 Å². The smallest absolute Gasteiger partial charge is 0.270 e. The van der Waals surface area contributed by atoms with Crippen LogP contribution >= 0.6 is 51.5 Å². The Bertz CT molecular complexity index is 980. The van der Waals surface area contributed by atoms with Gasteiger partial charge in [-0.05, 0) is 64.3 Å². The fraction of sp³-hybridized carbons (Fsp3) is 0.238. The molecule has 1 saturated heterocycles. The van der Waals surface area contributed by atoms with Gasteiger partial charge in [0.1, 0.15) is 0 Å². The van der Waals surface area contributed by atoms with Crippen LogP contribution in [-0.2, 0) is 4.79 Å². The summed E-state index contributed by atoms with van der Waals surface area (Å²) in [5, 5.41) is 0.518. The molecule has 2 aromatic rings. The number of carbonyl (C=O) groups excluding carboxylic acids is 1. The Hall–Kier alpha value is -1.54. The zero-order valence-corrected chi connectivity index (χ0v) is 19.9. The quantitative estimate of drug-likeness (QED) is 0.235. The summed E-state index contributed by atoms with van der Waals surface area (Å²) in [4.78, 5) is 15.0. The molecular weight excluding hydrogens is 494 g/mol. The zero-order valence-electron chi connectivity index (χ0n) is 15.9. The molecule has 4 nitrogen and oxygen atoms in total. The number of rotatable bonds is 7. The number of halogens is 2. The summed E-state index contributed by atoms with van der Waals surface area (Å²) in [5.74, 6) is 1.14. The van der Waals surface area contributed by atoms with Gasteiger partial charge in [0.05, 0.1) is 29.3 Å². The van der Waals surface area contributed by atoms with Crippen molar-refractivity contribution in [2.45, 2.75) is 19.8 Å². The second-order valence-electron chi connectivity index (χ2n) is 6.23. The molecule has 152 valence electrons. The topological polar surface area (TPSA) is 38.8 Å². The predicted molar refractivity (Wildman–Crippen MR) is 128 cm³/mol. The number of amides is 1. The molecule has 0 saturated carbocycles. The van der Waals surface area contributed by atoms with Gasteiger partial charge in [0, 0.05) is 4.47 Å². The first-order chi connectivity index (χ1) is 13.9. The van der Waals surface area contributed by atoms with Gasteiger partial charge in [0.15, 0.2) is 15.8 Å². The van der Waals surface area contributed by atoms with Gasteiger partial charge < -0.3 is 9.47 Å². The number of thiocarbonyl (C=S) groups is 1. The van der Waals surface area contributed by atoms with E-state index in [-0.39, 0.29) is 5.91 Å². The monoisotopic (exact) mass is 511 g/mol. The Morgan fingerprint density at radius 1 is 1.24 bits per heavy atom. The molecule has 1 amide bonds. The van der Waals surface area contributed by atoms with Crippen molar-refractivity contribution in [2.24, 2.45) is 0 Å². The highest BCUT2D eigenvalue weighted by atomic mass is 79.9. The number of carbonyl (C=O) groups is 1. The number of thioether (sulfide) groups is 1. The molecule has 0 N–H and O–H groups in total. The molecular formula is C21H19BrClNO3S2. The van der Waals surface area contributed by atoms with Crippen LogP contribution in [0, 0.1) is 0 Å². The average Bonchev–Trinajstić information content (AvgIpc) is 2.98. The standard InChI is InChI=1S/C21H19BrClNO3S2/c1-3-4-9-27-17-8-5-13(10-18(17)26-2)11-19-20(25)24(21(28)29-19)14-6-7-15(22)16(23)12-14/h5-8,10-12H,3-4,9H2,1-2H3/b19-11-. The maximum absolute atomic E-state index is 13.0. The number of hydrogen-bond donors (Lipinski definition) is 0. The Morgan fingerprint density at radius 2 is 2.03 bits per heavy atom. The number of anilines is 1. The van der Waals surface area contributed by atoms with Crippen LogP contribution in [0.1, 0.15) is 25.3 Å². The van der Waals surface area contributed by atoms with Gasteiger partial charge in [-0.1, -0.05) is 55.0 Å². The van der Waals surface area contributed by atoms with Crippen LogP contribution in [-0.4, -0.2) is 23.9 Å². The number of nitrogens with zero attached hydrogens (tertiary/aromatic N) is 1. The molecule has 0 spiro atoms. The van der Waals surface area contributed by atoms with E-state index in [2.05, 4.69) is 22.9 Å². The van der Waals surface area contributed by atoms with Crippen molar-refractivity contribution in [2.75, 3.05) is 18.6 Å². The minimum atomic E-state index is -0.180. The fourth-order valence-corrected chi connectivity index (χ4v) is 4.41. The molecule has 0 atom stereocenters. The van der Waals surface area contributed by atoms with Crippen LogP contribution < -0.4 is 14.4 Å². The van der Waals surface area contributed by atoms with Gasteiger partial charge >= 0.3 is 0 Å². The van der Waals surface area contributed by atoms with Crippen LogP contribution in [0.3, 0.4) is 0 Å². The highest BCUT2D eigenvalue weighted by Crippen LogP contribution is 2.38. The molecule has 1 heterocycles. The summed E-state index contributed by atoms with van der Waals surface area (Å²) in [7, 11) is 1.60. The molecule has 0 aromatic heterocycles. The molecule has 2 aromatic carbocycles. The minimum absolute atomic E-state index is 0.180. The normalized spacial score (nSPS) is 15.3. The molecule has 29 heavy (non-hydrogen) atoms. The van der Waals surface area contributed by atoms with Gasteiger partial charge in [-0.3, -0.25) is 9.69 Å². The summed E-state index contributed by atoms with van der Waals surface area (Å²) in [5.41, 5.74) is 1.47. The van der Waals surface area contributed by atoms with E-state index in [0.29, 0.717) is 38.0 Å². The molecule has 3 rings (SSSR count). The van der Waals surface area contributed by atoms with Crippen molar-refractivity contribution in [1.29, 1.82) is 0 Å². The van der Waals surface area contributed by atoms with Crippen LogP contribution in [0.25, 0.3) is 6.08 Å². The largest absolute Gasteiger partial charge is 0.493 e. The molecule has 1 fully saturated rings. The van der Waals surface area contributed by atoms with Crippen molar-refractivity contribution in [3.63, 3.8) is 0 Å². The number of hydrogen-bond acceptors (Lipinski definition) is 5. The van der Waals surface area contributed by atoms with Crippen molar-refractivity contribution in [3.05, 3.63) is 56.4 Å². The summed E-state index contributed by atoms with van der Waals surface area (Å²) in [6.07, 6.45) is 3.84. The zero-order chi connectivity index (χ0) is 21.0. The second kappa shape index (κ2) is 9.98. The Kier molecular flexibility index (Phi) is 7.62.